The Morgan fingerprint density at radius 1 is 1.41 bits per heavy atom. The molecule has 114 valence electrons. The molecule has 0 saturated heterocycles. The van der Waals surface area contributed by atoms with E-state index >= 15 is 0 Å². The van der Waals surface area contributed by atoms with E-state index in [1.807, 2.05) is 18.2 Å². The Bertz CT molecular complexity index is 746. The van der Waals surface area contributed by atoms with Gasteiger partial charge in [-0.15, -0.1) is 0 Å². The first-order chi connectivity index (χ1) is 10.6. The van der Waals surface area contributed by atoms with Crippen LogP contribution >= 0.6 is 15.9 Å². The molecule has 0 saturated carbocycles. The summed E-state index contributed by atoms with van der Waals surface area (Å²) >= 11 is 3.36. The van der Waals surface area contributed by atoms with E-state index in [1.54, 1.807) is 19.2 Å². The molecular weight excluding hydrogens is 348 g/mol. The molecule has 0 aliphatic carbocycles. The molecule has 0 radical (unpaired) electrons. The number of anilines is 1. The molecule has 0 aromatic heterocycles. The number of ether oxygens (including phenoxy) is 2. The number of hydrogen-bond acceptors (Lipinski definition) is 4. The van der Waals surface area contributed by atoms with Crippen molar-refractivity contribution in [3.05, 3.63) is 51.5 Å². The molecule has 2 aromatic rings. The lowest BCUT2D eigenvalue weighted by molar-refractivity contribution is 0.0951. The molecule has 0 fully saturated rings. The number of nitrogens with one attached hydrogen (secondary N) is 1. The second-order valence-corrected chi connectivity index (χ2v) is 5.84. The first-order valence-electron chi connectivity index (χ1n) is 6.74. The second-order valence-electron chi connectivity index (χ2n) is 4.99. The summed E-state index contributed by atoms with van der Waals surface area (Å²) in [6.45, 7) is 1.07. The number of nitrogen functional groups attached to an aromatic ring is 1. The molecular formula is C16H15BrN2O3. The molecule has 2 aromatic carbocycles. The highest BCUT2D eigenvalue weighted by Gasteiger charge is 2.16. The molecule has 0 atom stereocenters. The van der Waals surface area contributed by atoms with E-state index < -0.39 is 0 Å². The summed E-state index contributed by atoms with van der Waals surface area (Å²) in [6.07, 6.45) is 0. The number of amides is 1. The maximum absolute atomic E-state index is 12.3. The molecule has 22 heavy (non-hydrogen) atoms. The van der Waals surface area contributed by atoms with E-state index in [2.05, 4.69) is 21.2 Å². The molecule has 0 spiro atoms. The van der Waals surface area contributed by atoms with Gasteiger partial charge in [-0.1, -0.05) is 6.07 Å². The molecule has 5 nitrogen and oxygen atoms in total. The minimum atomic E-state index is -0.222. The van der Waals surface area contributed by atoms with Crippen LogP contribution in [-0.2, 0) is 13.2 Å². The number of carbonyl (C=O) groups is 1. The van der Waals surface area contributed by atoms with Crippen LogP contribution in [0.4, 0.5) is 5.69 Å². The van der Waals surface area contributed by atoms with Crippen LogP contribution in [0.3, 0.4) is 0 Å². The van der Waals surface area contributed by atoms with Crippen molar-refractivity contribution in [2.45, 2.75) is 13.2 Å². The molecule has 1 heterocycles. The topological polar surface area (TPSA) is 73.6 Å². The summed E-state index contributed by atoms with van der Waals surface area (Å²) in [7, 11) is 1.55. The van der Waals surface area contributed by atoms with Gasteiger partial charge in [0.1, 0.15) is 18.1 Å². The van der Waals surface area contributed by atoms with Crippen molar-refractivity contribution >= 4 is 27.5 Å². The van der Waals surface area contributed by atoms with Gasteiger partial charge < -0.3 is 20.5 Å². The van der Waals surface area contributed by atoms with Gasteiger partial charge in [0, 0.05) is 23.9 Å². The Labute approximate surface area is 136 Å². The molecule has 3 N–H and O–H groups in total. The first-order valence-corrected chi connectivity index (χ1v) is 7.53. The zero-order valence-electron chi connectivity index (χ0n) is 12.0. The highest BCUT2D eigenvalue weighted by molar-refractivity contribution is 9.10. The number of rotatable bonds is 4. The lowest BCUT2D eigenvalue weighted by Crippen LogP contribution is -2.24. The normalized spacial score (nSPS) is 11.9. The molecule has 3 rings (SSSR count). The van der Waals surface area contributed by atoms with Gasteiger partial charge in [0.15, 0.2) is 0 Å². The second kappa shape index (κ2) is 5.88. The Balaban J connectivity index is 1.71. The van der Waals surface area contributed by atoms with Gasteiger partial charge in [0.2, 0.25) is 0 Å². The van der Waals surface area contributed by atoms with Gasteiger partial charge in [-0.25, -0.2) is 0 Å². The van der Waals surface area contributed by atoms with Crippen molar-refractivity contribution in [3.63, 3.8) is 0 Å². The standard InChI is InChI=1S/C16H15BrN2O3/c1-21-15-6-13(18)11(5-12(15)17)16(20)19-7-9-2-3-14-10(4-9)8-22-14/h2-6H,7-8,18H2,1H3,(H,19,20). The fraction of sp³-hybridized carbons (Fsp3) is 0.188. The van der Waals surface area contributed by atoms with Crippen LogP contribution in [0.2, 0.25) is 0 Å². The Morgan fingerprint density at radius 3 is 2.86 bits per heavy atom. The number of carbonyl (C=O) groups excluding carboxylic acids is 1. The van der Waals surface area contributed by atoms with E-state index in [9.17, 15) is 4.79 Å². The van der Waals surface area contributed by atoms with Gasteiger partial charge in [0.05, 0.1) is 17.1 Å². The number of halogens is 1. The van der Waals surface area contributed by atoms with Crippen LogP contribution in [0.1, 0.15) is 21.5 Å². The number of methoxy groups -OCH3 is 1. The largest absolute Gasteiger partial charge is 0.495 e. The lowest BCUT2D eigenvalue weighted by atomic mass is 10.1. The minimum Gasteiger partial charge on any atom is -0.495 e. The third kappa shape index (κ3) is 2.74. The number of nitrogens with two attached hydrogens (primary N) is 1. The predicted octanol–water partition coefficient (Wildman–Crippen LogP) is 2.86. The average Bonchev–Trinajstić information content (AvgIpc) is 2.48. The van der Waals surface area contributed by atoms with E-state index in [0.717, 1.165) is 11.3 Å². The Hall–Kier alpha value is -2.21. The van der Waals surface area contributed by atoms with Crippen LogP contribution in [0.5, 0.6) is 11.5 Å². The van der Waals surface area contributed by atoms with Crippen molar-refractivity contribution in [2.75, 3.05) is 12.8 Å². The van der Waals surface area contributed by atoms with Gasteiger partial charge in [0.25, 0.3) is 5.91 Å². The van der Waals surface area contributed by atoms with Gasteiger partial charge in [-0.3, -0.25) is 4.79 Å². The van der Waals surface area contributed by atoms with Crippen LogP contribution in [0.15, 0.2) is 34.8 Å². The van der Waals surface area contributed by atoms with Crippen molar-refractivity contribution in [1.82, 2.24) is 5.32 Å². The van der Waals surface area contributed by atoms with Crippen LogP contribution in [0.25, 0.3) is 0 Å². The summed E-state index contributed by atoms with van der Waals surface area (Å²) in [4.78, 5) is 12.3. The quantitative estimate of drug-likeness (QED) is 0.820. The third-order valence-electron chi connectivity index (χ3n) is 3.53. The summed E-state index contributed by atoms with van der Waals surface area (Å²) in [5.41, 5.74) is 8.90. The minimum absolute atomic E-state index is 0.222. The molecule has 6 heteroatoms. The van der Waals surface area contributed by atoms with Crippen molar-refractivity contribution in [1.29, 1.82) is 0 Å². The molecule has 1 amide bonds. The molecule has 0 bridgehead atoms. The Kier molecular flexibility index (Phi) is 3.94. The third-order valence-corrected chi connectivity index (χ3v) is 4.15. The van der Waals surface area contributed by atoms with Crippen molar-refractivity contribution in [3.8, 4) is 11.5 Å². The molecule has 1 aliphatic rings. The zero-order chi connectivity index (χ0) is 15.7. The van der Waals surface area contributed by atoms with Gasteiger partial charge in [-0.05, 0) is 39.7 Å². The van der Waals surface area contributed by atoms with E-state index in [0.29, 0.717) is 34.6 Å². The summed E-state index contributed by atoms with van der Waals surface area (Å²) in [5, 5.41) is 2.87. The van der Waals surface area contributed by atoms with E-state index in [4.69, 9.17) is 15.2 Å². The summed E-state index contributed by atoms with van der Waals surface area (Å²) < 4.78 is 11.1. The van der Waals surface area contributed by atoms with Crippen LogP contribution < -0.4 is 20.5 Å². The summed E-state index contributed by atoms with van der Waals surface area (Å²) in [5.74, 6) is 1.29. The van der Waals surface area contributed by atoms with E-state index in [-0.39, 0.29) is 5.91 Å². The van der Waals surface area contributed by atoms with E-state index in [1.165, 1.54) is 5.56 Å². The number of fused-ring (bicyclic) bond motifs is 1. The zero-order valence-corrected chi connectivity index (χ0v) is 13.6. The maximum Gasteiger partial charge on any atom is 0.253 e. The highest BCUT2D eigenvalue weighted by atomic mass is 79.9. The average molecular weight is 363 g/mol. The van der Waals surface area contributed by atoms with Gasteiger partial charge in [-0.2, -0.15) is 0 Å². The molecule has 1 aliphatic heterocycles. The number of benzene rings is 2. The summed E-state index contributed by atoms with van der Waals surface area (Å²) in [6, 6.07) is 9.17. The monoisotopic (exact) mass is 362 g/mol. The van der Waals surface area contributed by atoms with Crippen LogP contribution in [0, 0.1) is 0 Å². The fourth-order valence-corrected chi connectivity index (χ4v) is 2.78. The van der Waals surface area contributed by atoms with Crippen molar-refractivity contribution in [2.24, 2.45) is 0 Å². The highest BCUT2D eigenvalue weighted by Crippen LogP contribution is 2.31. The first kappa shape index (κ1) is 14.7. The fourth-order valence-electron chi connectivity index (χ4n) is 2.27. The SMILES string of the molecule is COc1cc(N)c(C(=O)NCc2ccc3c(c2)CO3)cc1Br. The lowest BCUT2D eigenvalue weighted by Gasteiger charge is -2.20. The van der Waals surface area contributed by atoms with Crippen molar-refractivity contribution < 1.29 is 14.3 Å². The Morgan fingerprint density at radius 2 is 2.23 bits per heavy atom. The predicted molar refractivity (Wildman–Crippen MR) is 87.1 cm³/mol. The molecule has 0 unspecified atom stereocenters. The maximum atomic E-state index is 12.3. The smallest absolute Gasteiger partial charge is 0.253 e. The number of hydrogen-bond donors (Lipinski definition) is 2. The van der Waals surface area contributed by atoms with Gasteiger partial charge >= 0.3 is 0 Å². The van der Waals surface area contributed by atoms with Crippen LogP contribution in [-0.4, -0.2) is 13.0 Å².